The molecule has 12 heavy (non-hydrogen) atoms. The van der Waals surface area contributed by atoms with Gasteiger partial charge in [0.15, 0.2) is 0 Å². The first-order valence-electron chi connectivity index (χ1n) is 4.65. The first-order valence-corrected chi connectivity index (χ1v) is 4.65. The summed E-state index contributed by atoms with van der Waals surface area (Å²) in [5, 5.41) is 3.47. The Hall–Kier alpha value is -0.480. The molecule has 68 valence electrons. The summed E-state index contributed by atoms with van der Waals surface area (Å²) in [4.78, 5) is 0. The van der Waals surface area contributed by atoms with Gasteiger partial charge in [0.1, 0.15) is 0 Å². The summed E-state index contributed by atoms with van der Waals surface area (Å²) in [6, 6.07) is 0.531. The molecule has 0 spiro atoms. The van der Waals surface area contributed by atoms with Crippen molar-refractivity contribution < 1.29 is 0 Å². The lowest BCUT2D eigenvalue weighted by Gasteiger charge is -2.29. The first-order chi connectivity index (χ1) is 5.40. The van der Waals surface area contributed by atoms with E-state index < -0.39 is 0 Å². The topological polar surface area (TPSA) is 12.0 Å². The highest BCUT2D eigenvalue weighted by Gasteiger charge is 2.43. The van der Waals surface area contributed by atoms with E-state index in [2.05, 4.69) is 38.9 Å². The highest BCUT2D eigenvalue weighted by Crippen LogP contribution is 2.48. The van der Waals surface area contributed by atoms with E-state index >= 15 is 0 Å². The van der Waals surface area contributed by atoms with Gasteiger partial charge in [-0.25, -0.2) is 0 Å². The third-order valence-corrected chi connectivity index (χ3v) is 3.02. The smallest absolute Gasteiger partial charge is 0.0743 e. The SMILES string of the molecule is C#CC(C)(C)NC(C)C1(C)CC1. The molecule has 0 amide bonds. The van der Waals surface area contributed by atoms with Crippen LogP contribution in [0.4, 0.5) is 0 Å². The van der Waals surface area contributed by atoms with Gasteiger partial charge in [0.2, 0.25) is 0 Å². The van der Waals surface area contributed by atoms with Crippen molar-refractivity contribution in [1.82, 2.24) is 5.32 Å². The number of terminal acetylenes is 1. The maximum absolute atomic E-state index is 5.41. The van der Waals surface area contributed by atoms with Gasteiger partial charge in [0.05, 0.1) is 5.54 Å². The van der Waals surface area contributed by atoms with Gasteiger partial charge in [-0.2, -0.15) is 0 Å². The van der Waals surface area contributed by atoms with Crippen LogP contribution < -0.4 is 5.32 Å². The zero-order chi connectivity index (χ0) is 9.41. The highest BCUT2D eigenvalue weighted by atomic mass is 15.0. The molecular weight excluding hydrogens is 146 g/mol. The van der Waals surface area contributed by atoms with Crippen LogP contribution in [0.3, 0.4) is 0 Å². The van der Waals surface area contributed by atoms with E-state index in [0.717, 1.165) is 0 Å². The molecule has 0 bridgehead atoms. The number of nitrogens with one attached hydrogen (secondary N) is 1. The van der Waals surface area contributed by atoms with Crippen molar-refractivity contribution in [2.45, 2.75) is 52.1 Å². The van der Waals surface area contributed by atoms with Crippen LogP contribution in [0, 0.1) is 17.8 Å². The summed E-state index contributed by atoms with van der Waals surface area (Å²) < 4.78 is 0. The van der Waals surface area contributed by atoms with Gasteiger partial charge in [-0.3, -0.25) is 5.32 Å². The third-order valence-electron chi connectivity index (χ3n) is 3.02. The highest BCUT2D eigenvalue weighted by molar-refractivity contribution is 5.10. The molecule has 1 nitrogen and oxygen atoms in total. The average Bonchev–Trinajstić information content (AvgIpc) is 2.69. The number of hydrogen-bond acceptors (Lipinski definition) is 1. The van der Waals surface area contributed by atoms with Crippen molar-refractivity contribution in [3.63, 3.8) is 0 Å². The maximum atomic E-state index is 5.41. The lowest BCUT2D eigenvalue weighted by molar-refractivity contribution is 0.322. The normalized spacial score (nSPS) is 22.9. The van der Waals surface area contributed by atoms with Crippen molar-refractivity contribution in [2.24, 2.45) is 5.41 Å². The Morgan fingerprint density at radius 3 is 2.33 bits per heavy atom. The average molecular weight is 165 g/mol. The van der Waals surface area contributed by atoms with Crippen LogP contribution in [0.2, 0.25) is 0 Å². The van der Waals surface area contributed by atoms with Gasteiger partial charge in [0, 0.05) is 6.04 Å². The predicted octanol–water partition coefficient (Wildman–Crippen LogP) is 2.18. The monoisotopic (exact) mass is 165 g/mol. The molecule has 1 saturated carbocycles. The second kappa shape index (κ2) is 2.78. The number of hydrogen-bond donors (Lipinski definition) is 1. The molecule has 0 aromatic rings. The summed E-state index contributed by atoms with van der Waals surface area (Å²) >= 11 is 0. The Bertz CT molecular complexity index is 206. The van der Waals surface area contributed by atoms with Crippen molar-refractivity contribution in [3.05, 3.63) is 0 Å². The molecule has 1 fully saturated rings. The lowest BCUT2D eigenvalue weighted by atomic mass is 9.96. The lowest BCUT2D eigenvalue weighted by Crippen LogP contribution is -2.46. The molecule has 1 unspecified atom stereocenters. The van der Waals surface area contributed by atoms with E-state index in [1.807, 2.05) is 0 Å². The van der Waals surface area contributed by atoms with Gasteiger partial charge in [0.25, 0.3) is 0 Å². The Morgan fingerprint density at radius 2 is 2.00 bits per heavy atom. The van der Waals surface area contributed by atoms with Crippen LogP contribution in [0.1, 0.15) is 40.5 Å². The van der Waals surface area contributed by atoms with E-state index in [1.165, 1.54) is 12.8 Å². The van der Waals surface area contributed by atoms with E-state index in [9.17, 15) is 0 Å². The van der Waals surface area contributed by atoms with E-state index in [4.69, 9.17) is 6.42 Å². The molecular formula is C11H19N. The fraction of sp³-hybridized carbons (Fsp3) is 0.818. The molecule has 1 N–H and O–H groups in total. The van der Waals surface area contributed by atoms with Crippen LogP contribution in [-0.4, -0.2) is 11.6 Å². The molecule has 1 heteroatoms. The quantitative estimate of drug-likeness (QED) is 0.632. The Labute approximate surface area is 75.9 Å². The molecule has 0 aliphatic heterocycles. The minimum absolute atomic E-state index is 0.162. The Kier molecular flexibility index (Phi) is 2.23. The summed E-state index contributed by atoms with van der Waals surface area (Å²) in [7, 11) is 0. The minimum atomic E-state index is -0.162. The summed E-state index contributed by atoms with van der Waals surface area (Å²) in [5.74, 6) is 2.76. The summed E-state index contributed by atoms with van der Waals surface area (Å²) in [6.45, 7) is 8.65. The Balaban J connectivity index is 2.47. The molecule has 0 saturated heterocycles. The van der Waals surface area contributed by atoms with Crippen molar-refractivity contribution in [3.8, 4) is 12.3 Å². The fourth-order valence-corrected chi connectivity index (χ4v) is 1.39. The van der Waals surface area contributed by atoms with Gasteiger partial charge in [-0.1, -0.05) is 12.8 Å². The standard InChI is InChI=1S/C11H19N/c1-6-10(3,4)12-9(2)11(5)7-8-11/h1,9,12H,7-8H2,2-5H3. The molecule has 1 atom stereocenters. The molecule has 0 radical (unpaired) electrons. The number of rotatable bonds is 3. The van der Waals surface area contributed by atoms with Gasteiger partial charge in [-0.15, -0.1) is 6.42 Å². The van der Waals surface area contributed by atoms with Gasteiger partial charge >= 0.3 is 0 Å². The van der Waals surface area contributed by atoms with E-state index in [1.54, 1.807) is 0 Å². The van der Waals surface area contributed by atoms with Crippen LogP contribution >= 0.6 is 0 Å². The largest absolute Gasteiger partial charge is 0.299 e. The van der Waals surface area contributed by atoms with Crippen LogP contribution in [-0.2, 0) is 0 Å². The van der Waals surface area contributed by atoms with Gasteiger partial charge in [-0.05, 0) is 39.0 Å². The Morgan fingerprint density at radius 1 is 1.50 bits per heavy atom. The maximum Gasteiger partial charge on any atom is 0.0743 e. The predicted molar refractivity (Wildman–Crippen MR) is 52.9 cm³/mol. The summed E-state index contributed by atoms with van der Waals surface area (Å²) in [5.41, 5.74) is 0.346. The van der Waals surface area contributed by atoms with E-state index in [0.29, 0.717) is 11.5 Å². The fourth-order valence-electron chi connectivity index (χ4n) is 1.39. The van der Waals surface area contributed by atoms with Gasteiger partial charge < -0.3 is 0 Å². The molecule has 0 aromatic carbocycles. The molecule has 0 heterocycles. The van der Waals surface area contributed by atoms with Crippen molar-refractivity contribution in [2.75, 3.05) is 0 Å². The van der Waals surface area contributed by atoms with Crippen molar-refractivity contribution >= 4 is 0 Å². The van der Waals surface area contributed by atoms with Crippen LogP contribution in [0.25, 0.3) is 0 Å². The third kappa shape index (κ3) is 2.01. The zero-order valence-electron chi connectivity index (χ0n) is 8.57. The van der Waals surface area contributed by atoms with Crippen LogP contribution in [0.5, 0.6) is 0 Å². The molecule has 1 aliphatic carbocycles. The van der Waals surface area contributed by atoms with E-state index in [-0.39, 0.29) is 5.54 Å². The second-order valence-corrected chi connectivity index (χ2v) is 4.79. The van der Waals surface area contributed by atoms with Crippen LogP contribution in [0.15, 0.2) is 0 Å². The molecule has 1 aliphatic rings. The second-order valence-electron chi connectivity index (χ2n) is 4.79. The minimum Gasteiger partial charge on any atom is -0.299 e. The molecule has 0 aromatic heterocycles. The zero-order valence-corrected chi connectivity index (χ0v) is 8.57. The summed E-state index contributed by atoms with van der Waals surface area (Å²) in [6.07, 6.45) is 8.08. The van der Waals surface area contributed by atoms with Crippen molar-refractivity contribution in [1.29, 1.82) is 0 Å². The first kappa shape index (κ1) is 9.61. The molecule has 1 rings (SSSR count).